The SMILES string of the molecule is N#CSc1nnc(-c2ccccc2)o1. The smallest absolute Gasteiger partial charge is 0.291 e. The van der Waals surface area contributed by atoms with Crippen LogP contribution in [0.15, 0.2) is 40.0 Å². The molecule has 2 aromatic rings. The minimum atomic E-state index is 0.270. The van der Waals surface area contributed by atoms with Gasteiger partial charge in [0.2, 0.25) is 5.89 Å². The second kappa shape index (κ2) is 3.94. The molecule has 0 unspecified atom stereocenters. The fraction of sp³-hybridized carbons (Fsp3) is 0. The topological polar surface area (TPSA) is 62.7 Å². The molecule has 1 aromatic heterocycles. The van der Waals surface area contributed by atoms with Crippen LogP contribution in [-0.2, 0) is 0 Å². The van der Waals surface area contributed by atoms with E-state index in [0.29, 0.717) is 5.89 Å². The highest BCUT2D eigenvalue weighted by Gasteiger charge is 2.07. The van der Waals surface area contributed by atoms with Gasteiger partial charge < -0.3 is 4.42 Å². The number of hydrogen-bond donors (Lipinski definition) is 0. The average molecular weight is 203 g/mol. The predicted molar refractivity (Wildman–Crippen MR) is 51.2 cm³/mol. The molecule has 0 N–H and O–H groups in total. The quantitative estimate of drug-likeness (QED) is 0.553. The molecule has 0 aliphatic heterocycles. The van der Waals surface area contributed by atoms with E-state index in [2.05, 4.69) is 10.2 Å². The zero-order chi connectivity index (χ0) is 9.80. The zero-order valence-electron chi connectivity index (χ0n) is 7.04. The second-order valence-corrected chi connectivity index (χ2v) is 3.17. The summed E-state index contributed by atoms with van der Waals surface area (Å²) >= 11 is 0.856. The van der Waals surface area contributed by atoms with Gasteiger partial charge in [0.15, 0.2) is 0 Å². The maximum Gasteiger partial charge on any atom is 0.291 e. The number of hydrogen-bond acceptors (Lipinski definition) is 5. The van der Waals surface area contributed by atoms with Gasteiger partial charge in [-0.25, -0.2) is 0 Å². The highest BCUT2D eigenvalue weighted by atomic mass is 32.2. The molecule has 0 aliphatic rings. The van der Waals surface area contributed by atoms with Crippen molar-refractivity contribution in [3.05, 3.63) is 30.3 Å². The highest BCUT2D eigenvalue weighted by molar-refractivity contribution is 8.03. The van der Waals surface area contributed by atoms with Crippen LogP contribution >= 0.6 is 11.8 Å². The fourth-order valence-corrected chi connectivity index (χ4v) is 1.27. The first kappa shape index (κ1) is 8.78. The number of nitrogens with zero attached hydrogens (tertiary/aromatic N) is 3. The molecule has 0 spiro atoms. The summed E-state index contributed by atoms with van der Waals surface area (Å²) in [4.78, 5) is 0. The zero-order valence-corrected chi connectivity index (χ0v) is 7.86. The number of benzene rings is 1. The Morgan fingerprint density at radius 2 is 2.00 bits per heavy atom. The minimum Gasteiger partial charge on any atom is -0.411 e. The molecule has 0 radical (unpaired) electrons. The van der Waals surface area contributed by atoms with Gasteiger partial charge in [0.1, 0.15) is 5.40 Å². The molecule has 0 aliphatic carbocycles. The standard InChI is InChI=1S/C9H5N3OS/c10-6-14-9-12-11-8(13-9)7-4-2-1-3-5-7/h1-5H. The van der Waals surface area contributed by atoms with E-state index < -0.39 is 0 Å². The van der Waals surface area contributed by atoms with E-state index in [1.54, 1.807) is 0 Å². The Kier molecular flexibility index (Phi) is 2.47. The van der Waals surface area contributed by atoms with Crippen LogP contribution in [0, 0.1) is 10.7 Å². The first-order valence-electron chi connectivity index (χ1n) is 3.85. The van der Waals surface area contributed by atoms with Gasteiger partial charge in [-0.05, 0) is 12.1 Å². The maximum absolute atomic E-state index is 8.38. The van der Waals surface area contributed by atoms with Crippen LogP contribution in [0.2, 0.25) is 0 Å². The van der Waals surface area contributed by atoms with Gasteiger partial charge in [-0.1, -0.05) is 23.3 Å². The third kappa shape index (κ3) is 1.75. The van der Waals surface area contributed by atoms with Crippen molar-refractivity contribution in [1.29, 1.82) is 5.26 Å². The van der Waals surface area contributed by atoms with E-state index in [-0.39, 0.29) is 5.22 Å². The van der Waals surface area contributed by atoms with E-state index >= 15 is 0 Å². The second-order valence-electron chi connectivity index (χ2n) is 2.43. The van der Waals surface area contributed by atoms with Crippen LogP contribution in [-0.4, -0.2) is 10.2 Å². The Morgan fingerprint density at radius 1 is 1.21 bits per heavy atom. The Bertz CT molecular complexity index is 460. The normalized spacial score (nSPS) is 9.64. The van der Waals surface area contributed by atoms with Crippen LogP contribution in [0.3, 0.4) is 0 Å². The van der Waals surface area contributed by atoms with Gasteiger partial charge in [0.05, 0.1) is 11.8 Å². The molecule has 0 saturated heterocycles. The van der Waals surface area contributed by atoms with Gasteiger partial charge in [0.25, 0.3) is 5.22 Å². The van der Waals surface area contributed by atoms with E-state index in [4.69, 9.17) is 9.68 Å². The molecule has 14 heavy (non-hydrogen) atoms. The average Bonchev–Trinajstić information content (AvgIpc) is 2.68. The van der Waals surface area contributed by atoms with Crippen LogP contribution < -0.4 is 0 Å². The van der Waals surface area contributed by atoms with Crippen molar-refractivity contribution in [3.63, 3.8) is 0 Å². The fourth-order valence-electron chi connectivity index (χ4n) is 0.987. The molecule has 0 atom stereocenters. The summed E-state index contributed by atoms with van der Waals surface area (Å²) in [5.74, 6) is 0.434. The summed E-state index contributed by atoms with van der Waals surface area (Å²) in [6.07, 6.45) is 0. The van der Waals surface area contributed by atoms with Crippen molar-refractivity contribution in [1.82, 2.24) is 10.2 Å². The molecule has 0 fully saturated rings. The number of thiocyanates is 1. The lowest BCUT2D eigenvalue weighted by Crippen LogP contribution is -1.75. The molecule has 1 aromatic carbocycles. The molecule has 0 saturated carbocycles. The van der Waals surface area contributed by atoms with Crippen molar-refractivity contribution < 1.29 is 4.42 Å². The first-order chi connectivity index (χ1) is 6.90. The lowest BCUT2D eigenvalue weighted by molar-refractivity contribution is 0.467. The summed E-state index contributed by atoms with van der Waals surface area (Å²) in [6, 6.07) is 9.42. The summed E-state index contributed by atoms with van der Waals surface area (Å²) in [6.45, 7) is 0. The molecular weight excluding hydrogens is 198 g/mol. The molecule has 2 rings (SSSR count). The van der Waals surface area contributed by atoms with Gasteiger partial charge in [-0.3, -0.25) is 0 Å². The van der Waals surface area contributed by atoms with Crippen LogP contribution in [0.4, 0.5) is 0 Å². The summed E-state index contributed by atoms with van der Waals surface area (Å²) in [5, 5.41) is 18.0. The third-order valence-corrected chi connectivity index (χ3v) is 1.99. The van der Waals surface area contributed by atoms with Crippen molar-refractivity contribution in [2.75, 3.05) is 0 Å². The monoisotopic (exact) mass is 203 g/mol. The molecule has 4 nitrogen and oxygen atoms in total. The van der Waals surface area contributed by atoms with Crippen molar-refractivity contribution in [2.24, 2.45) is 0 Å². The van der Waals surface area contributed by atoms with E-state index in [1.165, 1.54) is 0 Å². The number of nitriles is 1. The minimum absolute atomic E-state index is 0.270. The molecule has 0 bridgehead atoms. The van der Waals surface area contributed by atoms with Gasteiger partial charge in [-0.15, -0.1) is 5.10 Å². The summed E-state index contributed by atoms with van der Waals surface area (Å²) in [7, 11) is 0. The molecular formula is C9H5N3OS. The largest absolute Gasteiger partial charge is 0.411 e. The lowest BCUT2D eigenvalue weighted by atomic mass is 10.2. The molecule has 5 heteroatoms. The van der Waals surface area contributed by atoms with E-state index in [1.807, 2.05) is 35.7 Å². The maximum atomic E-state index is 8.38. The predicted octanol–water partition coefficient (Wildman–Crippen LogP) is 2.31. The Balaban J connectivity index is 2.31. The van der Waals surface area contributed by atoms with E-state index in [0.717, 1.165) is 17.3 Å². The van der Waals surface area contributed by atoms with Crippen molar-refractivity contribution in [2.45, 2.75) is 5.22 Å². The van der Waals surface area contributed by atoms with Crippen molar-refractivity contribution >= 4 is 11.8 Å². The highest BCUT2D eigenvalue weighted by Crippen LogP contribution is 2.21. The van der Waals surface area contributed by atoms with Crippen LogP contribution in [0.1, 0.15) is 0 Å². The summed E-state index contributed by atoms with van der Waals surface area (Å²) in [5.41, 5.74) is 0.852. The first-order valence-corrected chi connectivity index (χ1v) is 4.66. The van der Waals surface area contributed by atoms with Crippen molar-refractivity contribution in [3.8, 4) is 16.9 Å². The number of aromatic nitrogens is 2. The van der Waals surface area contributed by atoms with Gasteiger partial charge >= 0.3 is 0 Å². The third-order valence-electron chi connectivity index (χ3n) is 1.56. The molecule has 0 amide bonds. The Labute approximate surface area is 84.6 Å². The molecule has 68 valence electrons. The Hall–Kier alpha value is -1.80. The number of rotatable bonds is 2. The summed E-state index contributed by atoms with van der Waals surface area (Å²) < 4.78 is 5.23. The van der Waals surface area contributed by atoms with Crippen LogP contribution in [0.25, 0.3) is 11.5 Å². The lowest BCUT2D eigenvalue weighted by Gasteiger charge is -1.90. The Morgan fingerprint density at radius 3 is 2.71 bits per heavy atom. The van der Waals surface area contributed by atoms with Crippen LogP contribution in [0.5, 0.6) is 0 Å². The van der Waals surface area contributed by atoms with Gasteiger partial charge in [0, 0.05) is 5.56 Å². The van der Waals surface area contributed by atoms with E-state index in [9.17, 15) is 0 Å². The van der Waals surface area contributed by atoms with Gasteiger partial charge in [-0.2, -0.15) is 5.26 Å². The number of thioether (sulfide) groups is 1. The molecule has 1 heterocycles.